The minimum atomic E-state index is -0.884. The first-order valence-electron chi connectivity index (χ1n) is 15.1. The van der Waals surface area contributed by atoms with Crippen LogP contribution >= 0.6 is 0 Å². The van der Waals surface area contributed by atoms with Crippen molar-refractivity contribution in [1.82, 2.24) is 0 Å². The van der Waals surface area contributed by atoms with E-state index in [1.54, 1.807) is 24.3 Å². The van der Waals surface area contributed by atoms with Crippen LogP contribution in [0.5, 0.6) is 23.0 Å². The largest absolute Gasteiger partial charge is 0.494 e. The number of carbonyl (C=O) groups is 4. The van der Waals surface area contributed by atoms with Crippen LogP contribution in [-0.2, 0) is 19.1 Å². The van der Waals surface area contributed by atoms with Gasteiger partial charge in [-0.2, -0.15) is 0 Å². The summed E-state index contributed by atoms with van der Waals surface area (Å²) in [6, 6.07) is 16.0. The molecule has 0 aliphatic heterocycles. The first-order chi connectivity index (χ1) is 22.8. The normalized spacial score (nSPS) is 10.3. The van der Waals surface area contributed by atoms with Crippen LogP contribution in [0.25, 0.3) is 0 Å². The highest BCUT2D eigenvalue weighted by Crippen LogP contribution is 2.25. The molecule has 0 amide bonds. The molecule has 0 aromatic heterocycles. The highest BCUT2D eigenvalue weighted by Gasteiger charge is 2.15. The second-order valence-electron chi connectivity index (χ2n) is 9.98. The van der Waals surface area contributed by atoms with Gasteiger partial charge in [0.2, 0.25) is 0 Å². The van der Waals surface area contributed by atoms with Gasteiger partial charge in [0, 0.05) is 18.2 Å². The van der Waals surface area contributed by atoms with Gasteiger partial charge in [0.05, 0.1) is 37.6 Å². The second-order valence-corrected chi connectivity index (χ2v) is 9.98. The van der Waals surface area contributed by atoms with Crippen molar-refractivity contribution < 1.29 is 52.0 Å². The van der Waals surface area contributed by atoms with Crippen molar-refractivity contribution in [2.75, 3.05) is 26.4 Å². The van der Waals surface area contributed by atoms with Gasteiger partial charge in [-0.3, -0.25) is 0 Å². The van der Waals surface area contributed by atoms with Crippen LogP contribution in [0, 0.1) is 5.82 Å². The van der Waals surface area contributed by atoms with Gasteiger partial charge in [-0.25, -0.2) is 23.6 Å². The van der Waals surface area contributed by atoms with Gasteiger partial charge in [0.1, 0.15) is 17.2 Å². The summed E-state index contributed by atoms with van der Waals surface area (Å²) in [4.78, 5) is 47.1. The van der Waals surface area contributed by atoms with Crippen molar-refractivity contribution in [3.05, 3.63) is 109 Å². The van der Waals surface area contributed by atoms with E-state index in [0.717, 1.165) is 43.9 Å². The molecule has 3 aromatic rings. The summed E-state index contributed by atoms with van der Waals surface area (Å²) in [7, 11) is 0. The van der Waals surface area contributed by atoms with Gasteiger partial charge >= 0.3 is 23.9 Å². The fraction of sp³-hybridized carbons (Fsp3) is 0.278. The number of ether oxygens (including phenoxy) is 6. The molecule has 0 aliphatic rings. The number of hydrogen-bond donors (Lipinski definition) is 0. The van der Waals surface area contributed by atoms with Crippen molar-refractivity contribution in [3.8, 4) is 23.0 Å². The summed E-state index contributed by atoms with van der Waals surface area (Å²) in [6.45, 7) is 8.22. The first-order valence-corrected chi connectivity index (χ1v) is 15.1. The van der Waals surface area contributed by atoms with Crippen LogP contribution in [0.2, 0.25) is 0 Å². The summed E-state index contributed by atoms with van der Waals surface area (Å²) in [5.74, 6) is -2.52. The van der Waals surface area contributed by atoms with Crippen molar-refractivity contribution >= 4 is 23.9 Å². The average molecular weight is 649 g/mol. The zero-order chi connectivity index (χ0) is 33.9. The van der Waals surface area contributed by atoms with Crippen LogP contribution in [0.1, 0.15) is 59.2 Å². The zero-order valence-corrected chi connectivity index (χ0v) is 26.0. The Balaban J connectivity index is 1.38. The predicted molar refractivity (Wildman–Crippen MR) is 170 cm³/mol. The summed E-state index contributed by atoms with van der Waals surface area (Å²) >= 11 is 0. The molecule has 47 heavy (non-hydrogen) atoms. The Morgan fingerprint density at radius 1 is 0.553 bits per heavy atom. The van der Waals surface area contributed by atoms with E-state index in [0.29, 0.717) is 50.8 Å². The Hall–Kier alpha value is -5.45. The molecule has 0 N–H and O–H groups in total. The first kappa shape index (κ1) is 36.0. The molecule has 0 bridgehead atoms. The Morgan fingerprint density at radius 3 is 1.43 bits per heavy atom. The average Bonchev–Trinajstić information content (AvgIpc) is 3.08. The highest BCUT2D eigenvalue weighted by molar-refractivity contribution is 5.92. The molecule has 0 spiro atoms. The maximum Gasteiger partial charge on any atom is 0.343 e. The number of carbonyl (C=O) groups excluding carboxylic acids is 4. The summed E-state index contributed by atoms with van der Waals surface area (Å²) in [5.41, 5.74) is 0.423. The number of esters is 4. The topological polar surface area (TPSA) is 124 Å². The maximum absolute atomic E-state index is 14.7. The molecule has 0 unspecified atom stereocenters. The molecular formula is C36H37FO10. The Bertz CT molecular complexity index is 1500. The van der Waals surface area contributed by atoms with Crippen molar-refractivity contribution in [2.24, 2.45) is 0 Å². The molecule has 11 heteroatoms. The van der Waals surface area contributed by atoms with Crippen LogP contribution < -0.4 is 18.9 Å². The summed E-state index contributed by atoms with van der Waals surface area (Å²) in [5, 5.41) is 0. The third-order valence-electron chi connectivity index (χ3n) is 6.43. The third kappa shape index (κ3) is 13.2. The minimum Gasteiger partial charge on any atom is -0.494 e. The maximum atomic E-state index is 14.7. The van der Waals surface area contributed by atoms with E-state index in [9.17, 15) is 23.6 Å². The lowest BCUT2D eigenvalue weighted by molar-refractivity contribution is -0.138. The molecule has 0 radical (unpaired) electrons. The second kappa shape index (κ2) is 19.8. The van der Waals surface area contributed by atoms with E-state index in [-0.39, 0.29) is 22.6 Å². The molecule has 3 rings (SSSR count). The lowest BCUT2D eigenvalue weighted by Crippen LogP contribution is -2.11. The van der Waals surface area contributed by atoms with Crippen molar-refractivity contribution in [2.45, 2.75) is 38.5 Å². The van der Waals surface area contributed by atoms with E-state index in [1.807, 2.05) is 0 Å². The standard InChI is InChI=1S/C36H37FO10/c1-3-33(38)44-23-9-5-7-21-42-28-15-11-26(12-16-28)35(40)46-30-19-20-32(31(37)25-30)47-36(41)27-13-17-29(18-14-27)43-22-8-6-10-24-45-34(39)4-2/h3-4,11-20,25H,1-2,5-10,21-24H2. The SMILES string of the molecule is C=CC(=O)OCCCCCOc1ccc(C(=O)Oc2ccc(OC(=O)c3ccc(OCCCCCOC(=O)C=C)cc3)c(F)c2)cc1. The van der Waals surface area contributed by atoms with Gasteiger partial charge in [-0.15, -0.1) is 0 Å². The van der Waals surface area contributed by atoms with Crippen LogP contribution in [0.4, 0.5) is 4.39 Å². The van der Waals surface area contributed by atoms with Gasteiger partial charge in [0.15, 0.2) is 11.6 Å². The minimum absolute atomic E-state index is 0.0642. The van der Waals surface area contributed by atoms with E-state index >= 15 is 0 Å². The Labute approximate surface area is 272 Å². The number of unbranched alkanes of at least 4 members (excludes halogenated alkanes) is 4. The zero-order valence-electron chi connectivity index (χ0n) is 26.0. The molecule has 0 heterocycles. The lowest BCUT2D eigenvalue weighted by Gasteiger charge is -2.10. The number of benzene rings is 3. The fourth-order valence-electron chi connectivity index (χ4n) is 3.93. The molecule has 10 nitrogen and oxygen atoms in total. The van der Waals surface area contributed by atoms with Gasteiger partial charge in [0.25, 0.3) is 0 Å². The van der Waals surface area contributed by atoms with E-state index < -0.39 is 29.7 Å². The van der Waals surface area contributed by atoms with Crippen molar-refractivity contribution in [3.63, 3.8) is 0 Å². The molecule has 0 saturated heterocycles. The van der Waals surface area contributed by atoms with Crippen LogP contribution in [-0.4, -0.2) is 50.3 Å². The number of halogens is 1. The Morgan fingerprint density at radius 2 is 0.979 bits per heavy atom. The van der Waals surface area contributed by atoms with Gasteiger partial charge in [-0.05, 0) is 99.2 Å². The number of rotatable bonds is 20. The molecule has 248 valence electrons. The fourth-order valence-corrected chi connectivity index (χ4v) is 3.93. The molecule has 0 saturated carbocycles. The summed E-state index contributed by atoms with van der Waals surface area (Å²) in [6.07, 6.45) is 6.80. The molecule has 0 fully saturated rings. The molecule has 3 aromatic carbocycles. The molecular weight excluding hydrogens is 611 g/mol. The monoisotopic (exact) mass is 648 g/mol. The number of hydrogen-bond acceptors (Lipinski definition) is 10. The van der Waals surface area contributed by atoms with Gasteiger partial charge < -0.3 is 28.4 Å². The predicted octanol–water partition coefficient (Wildman–Crippen LogP) is 6.82. The third-order valence-corrected chi connectivity index (χ3v) is 6.43. The summed E-state index contributed by atoms with van der Waals surface area (Å²) < 4.78 is 46.3. The lowest BCUT2D eigenvalue weighted by atomic mass is 10.2. The van der Waals surface area contributed by atoms with E-state index in [1.165, 1.54) is 36.4 Å². The van der Waals surface area contributed by atoms with E-state index in [4.69, 9.17) is 28.4 Å². The van der Waals surface area contributed by atoms with E-state index in [2.05, 4.69) is 13.2 Å². The molecule has 0 aliphatic carbocycles. The smallest absolute Gasteiger partial charge is 0.343 e. The van der Waals surface area contributed by atoms with Gasteiger partial charge in [-0.1, -0.05) is 13.2 Å². The van der Waals surface area contributed by atoms with Crippen molar-refractivity contribution in [1.29, 1.82) is 0 Å². The quantitative estimate of drug-likeness (QED) is 0.0558. The van der Waals surface area contributed by atoms with Crippen LogP contribution in [0.15, 0.2) is 92.0 Å². The highest BCUT2D eigenvalue weighted by atomic mass is 19.1. The molecule has 0 atom stereocenters. The Kier molecular flexibility index (Phi) is 15.2. The van der Waals surface area contributed by atoms with Crippen LogP contribution in [0.3, 0.4) is 0 Å².